The lowest BCUT2D eigenvalue weighted by molar-refractivity contribution is -0.0606. The van der Waals surface area contributed by atoms with E-state index in [1.807, 2.05) is 6.20 Å². The van der Waals surface area contributed by atoms with Crippen molar-refractivity contribution in [3.8, 4) is 0 Å². The van der Waals surface area contributed by atoms with Gasteiger partial charge >= 0.3 is 0 Å². The number of nitrogens with one attached hydrogen (secondary N) is 1. The molecule has 8 heteroatoms. The Kier molecular flexibility index (Phi) is 5.57. The van der Waals surface area contributed by atoms with Crippen LogP contribution in [0.2, 0.25) is 0 Å². The van der Waals surface area contributed by atoms with E-state index in [4.69, 9.17) is 5.11 Å². The Morgan fingerprint density at radius 3 is 2.79 bits per heavy atom. The second-order valence-electron chi connectivity index (χ2n) is 7.19. The van der Waals surface area contributed by atoms with Gasteiger partial charge in [-0.1, -0.05) is 12.1 Å². The molecule has 3 aromatic rings. The summed E-state index contributed by atoms with van der Waals surface area (Å²) < 4.78 is 15.3. The number of carbonyl (C=O) groups is 1. The average Bonchev–Trinajstić information content (AvgIpc) is 3.07. The molecule has 0 radical (unpaired) electrons. The topological polar surface area (TPSA) is 90.6 Å². The Labute approximate surface area is 167 Å². The van der Waals surface area contributed by atoms with Gasteiger partial charge in [-0.05, 0) is 48.2 Å². The van der Waals surface area contributed by atoms with Gasteiger partial charge in [0, 0.05) is 31.3 Å². The molecule has 152 valence electrons. The number of aromatic nitrogens is 2. The number of fused-ring (bicyclic) bond motifs is 3. The normalized spacial score (nSPS) is 13.9. The first-order valence-corrected chi connectivity index (χ1v) is 9.65. The number of pyridine rings is 1. The maximum atomic E-state index is 13.2. The van der Waals surface area contributed by atoms with Gasteiger partial charge in [-0.3, -0.25) is 10.0 Å². The van der Waals surface area contributed by atoms with Crippen molar-refractivity contribution in [1.82, 2.24) is 19.9 Å². The molecule has 0 spiro atoms. The van der Waals surface area contributed by atoms with E-state index < -0.39 is 5.91 Å². The third-order valence-electron chi connectivity index (χ3n) is 5.21. The SMILES string of the molecule is O=C1c2ncc3c(c(CNCCCO)cn3Cc3ccc(F)cc3)c2CCN1O. The predicted octanol–water partition coefficient (Wildman–Crippen LogP) is 2.08. The largest absolute Gasteiger partial charge is 0.396 e. The molecule has 0 atom stereocenters. The number of nitrogens with zero attached hydrogens (tertiary/aromatic N) is 3. The first-order valence-electron chi connectivity index (χ1n) is 9.65. The van der Waals surface area contributed by atoms with Crippen LogP contribution in [0.5, 0.6) is 0 Å². The molecule has 7 nitrogen and oxygen atoms in total. The maximum Gasteiger partial charge on any atom is 0.296 e. The highest BCUT2D eigenvalue weighted by Gasteiger charge is 2.28. The predicted molar refractivity (Wildman–Crippen MR) is 105 cm³/mol. The van der Waals surface area contributed by atoms with E-state index in [2.05, 4.69) is 14.9 Å². The number of hydrogen-bond donors (Lipinski definition) is 3. The monoisotopic (exact) mass is 398 g/mol. The van der Waals surface area contributed by atoms with E-state index in [0.29, 0.717) is 37.5 Å². The number of rotatable bonds is 7. The molecule has 29 heavy (non-hydrogen) atoms. The first kappa shape index (κ1) is 19.5. The highest BCUT2D eigenvalue weighted by molar-refractivity contribution is 6.00. The zero-order chi connectivity index (χ0) is 20.4. The molecule has 2 aromatic heterocycles. The van der Waals surface area contributed by atoms with Crippen molar-refractivity contribution >= 4 is 16.8 Å². The second-order valence-corrected chi connectivity index (χ2v) is 7.19. The number of hydroxylamine groups is 2. The zero-order valence-electron chi connectivity index (χ0n) is 15.9. The van der Waals surface area contributed by atoms with Crippen LogP contribution in [0.25, 0.3) is 10.9 Å². The summed E-state index contributed by atoms with van der Waals surface area (Å²) in [5, 5.41) is 23.7. The lowest BCUT2D eigenvalue weighted by Gasteiger charge is -2.23. The summed E-state index contributed by atoms with van der Waals surface area (Å²) in [6.07, 6.45) is 4.86. The minimum Gasteiger partial charge on any atom is -0.396 e. The summed E-state index contributed by atoms with van der Waals surface area (Å²) in [6.45, 7) is 2.17. The molecule has 0 unspecified atom stereocenters. The van der Waals surface area contributed by atoms with E-state index in [-0.39, 0.29) is 24.7 Å². The fourth-order valence-electron chi connectivity index (χ4n) is 3.79. The third-order valence-corrected chi connectivity index (χ3v) is 5.21. The van der Waals surface area contributed by atoms with Gasteiger partial charge in [-0.15, -0.1) is 0 Å². The van der Waals surface area contributed by atoms with Crippen LogP contribution in [0.4, 0.5) is 4.39 Å². The molecule has 0 bridgehead atoms. The van der Waals surface area contributed by atoms with Gasteiger partial charge in [-0.25, -0.2) is 14.4 Å². The summed E-state index contributed by atoms with van der Waals surface area (Å²) >= 11 is 0. The number of amides is 1. The van der Waals surface area contributed by atoms with Crippen molar-refractivity contribution < 1.29 is 19.5 Å². The highest BCUT2D eigenvalue weighted by atomic mass is 19.1. The van der Waals surface area contributed by atoms with Crippen molar-refractivity contribution in [3.05, 3.63) is 64.9 Å². The van der Waals surface area contributed by atoms with Crippen LogP contribution >= 0.6 is 0 Å². The minimum atomic E-state index is -0.487. The van der Waals surface area contributed by atoms with Crippen LogP contribution in [0.1, 0.15) is 33.6 Å². The van der Waals surface area contributed by atoms with Crippen LogP contribution in [-0.2, 0) is 19.5 Å². The standard InChI is InChI=1S/C21H23FN4O3/c22-16-4-2-14(3-5-16)12-25-13-15(10-23-7-1-9-27)19-17-6-8-26(29)21(28)20(17)24-11-18(19)25/h2-5,11,13,23,27,29H,1,6-10,12H2. The number of halogens is 1. The zero-order valence-corrected chi connectivity index (χ0v) is 15.9. The molecule has 0 fully saturated rings. The quantitative estimate of drug-likeness (QED) is 0.419. The molecule has 4 rings (SSSR count). The second kappa shape index (κ2) is 8.28. The summed E-state index contributed by atoms with van der Waals surface area (Å²) in [5.74, 6) is -0.763. The fraction of sp³-hybridized carbons (Fsp3) is 0.333. The smallest absolute Gasteiger partial charge is 0.296 e. The number of aliphatic hydroxyl groups is 1. The van der Waals surface area contributed by atoms with Crippen molar-refractivity contribution in [2.45, 2.75) is 25.9 Å². The Morgan fingerprint density at radius 1 is 1.24 bits per heavy atom. The lowest BCUT2D eigenvalue weighted by Crippen LogP contribution is -2.35. The van der Waals surface area contributed by atoms with E-state index in [9.17, 15) is 14.4 Å². The number of hydrogen-bond acceptors (Lipinski definition) is 5. The molecule has 1 amide bonds. The van der Waals surface area contributed by atoms with Gasteiger partial charge in [0.15, 0.2) is 0 Å². The molecule has 3 heterocycles. The number of carbonyl (C=O) groups excluding carboxylic acids is 1. The Balaban J connectivity index is 1.76. The van der Waals surface area contributed by atoms with E-state index >= 15 is 0 Å². The van der Waals surface area contributed by atoms with Gasteiger partial charge in [0.2, 0.25) is 0 Å². The first-order chi connectivity index (χ1) is 14.1. The number of aliphatic hydroxyl groups excluding tert-OH is 1. The Bertz CT molecular complexity index is 1030. The molecular formula is C21H23FN4O3. The van der Waals surface area contributed by atoms with Crippen LogP contribution < -0.4 is 5.32 Å². The van der Waals surface area contributed by atoms with Crippen LogP contribution in [0.3, 0.4) is 0 Å². The van der Waals surface area contributed by atoms with E-state index in [0.717, 1.165) is 27.6 Å². The molecular weight excluding hydrogens is 375 g/mol. The van der Waals surface area contributed by atoms with E-state index in [1.54, 1.807) is 18.3 Å². The third kappa shape index (κ3) is 3.87. The van der Waals surface area contributed by atoms with Crippen LogP contribution in [0.15, 0.2) is 36.7 Å². The molecule has 3 N–H and O–H groups in total. The summed E-state index contributed by atoms with van der Waals surface area (Å²) in [4.78, 5) is 16.7. The minimum absolute atomic E-state index is 0.124. The van der Waals surface area contributed by atoms with Crippen LogP contribution in [-0.4, -0.2) is 50.5 Å². The van der Waals surface area contributed by atoms with E-state index in [1.165, 1.54) is 12.1 Å². The van der Waals surface area contributed by atoms with Gasteiger partial charge in [0.05, 0.1) is 18.3 Å². The van der Waals surface area contributed by atoms with Crippen molar-refractivity contribution in [1.29, 1.82) is 0 Å². The lowest BCUT2D eigenvalue weighted by atomic mass is 9.99. The van der Waals surface area contributed by atoms with Crippen molar-refractivity contribution in [3.63, 3.8) is 0 Å². The maximum absolute atomic E-state index is 13.2. The summed E-state index contributed by atoms with van der Waals surface area (Å²) in [7, 11) is 0. The fourth-order valence-corrected chi connectivity index (χ4v) is 3.79. The molecule has 0 aliphatic carbocycles. The van der Waals surface area contributed by atoms with Gasteiger partial charge in [0.1, 0.15) is 11.5 Å². The highest BCUT2D eigenvalue weighted by Crippen LogP contribution is 2.30. The van der Waals surface area contributed by atoms with Gasteiger partial charge in [0.25, 0.3) is 5.91 Å². The molecule has 1 aliphatic rings. The number of benzene rings is 1. The summed E-state index contributed by atoms with van der Waals surface area (Å²) in [6, 6.07) is 6.37. The summed E-state index contributed by atoms with van der Waals surface area (Å²) in [5.41, 5.74) is 4.00. The Hall–Kier alpha value is -2.81. The van der Waals surface area contributed by atoms with Crippen molar-refractivity contribution in [2.24, 2.45) is 0 Å². The Morgan fingerprint density at radius 2 is 2.03 bits per heavy atom. The molecule has 0 saturated heterocycles. The van der Waals surface area contributed by atoms with Gasteiger partial charge < -0.3 is 15.0 Å². The molecule has 0 saturated carbocycles. The van der Waals surface area contributed by atoms with Crippen LogP contribution in [0, 0.1) is 5.82 Å². The van der Waals surface area contributed by atoms with Crippen molar-refractivity contribution in [2.75, 3.05) is 19.7 Å². The van der Waals surface area contributed by atoms with Gasteiger partial charge in [-0.2, -0.15) is 0 Å². The molecule has 1 aromatic carbocycles. The molecule has 1 aliphatic heterocycles. The average molecular weight is 398 g/mol.